The fourth-order valence-electron chi connectivity index (χ4n) is 3.20. The molecule has 2 amide bonds. The summed E-state index contributed by atoms with van der Waals surface area (Å²) in [5.74, 6) is -0.570. The van der Waals surface area contributed by atoms with Gasteiger partial charge in [-0.3, -0.25) is 9.59 Å². The van der Waals surface area contributed by atoms with Crippen molar-refractivity contribution < 1.29 is 14.7 Å². The first kappa shape index (κ1) is 22.3. The maximum absolute atomic E-state index is 12.7. The van der Waals surface area contributed by atoms with E-state index in [0.717, 1.165) is 10.8 Å². The van der Waals surface area contributed by atoms with Crippen molar-refractivity contribution in [2.45, 2.75) is 26.3 Å². The van der Waals surface area contributed by atoms with Crippen LogP contribution in [0, 0.1) is 5.92 Å². The van der Waals surface area contributed by atoms with Gasteiger partial charge in [0.05, 0.1) is 6.21 Å². The maximum atomic E-state index is 12.7. The number of phenolic OH excluding ortho intramolecular Hbond substituents is 1. The Morgan fingerprint density at radius 1 is 1.06 bits per heavy atom. The highest BCUT2D eigenvalue weighted by Gasteiger charge is 2.22. The molecule has 6 nitrogen and oxygen atoms in total. The third-order valence-electron chi connectivity index (χ3n) is 4.75. The van der Waals surface area contributed by atoms with E-state index in [1.165, 1.54) is 6.21 Å². The van der Waals surface area contributed by atoms with Crippen molar-refractivity contribution in [2.75, 3.05) is 0 Å². The van der Waals surface area contributed by atoms with Crippen molar-refractivity contribution in [3.05, 3.63) is 76.8 Å². The second-order valence-electron chi connectivity index (χ2n) is 7.62. The number of nitrogens with one attached hydrogen (secondary N) is 2. The van der Waals surface area contributed by atoms with Gasteiger partial charge in [-0.25, -0.2) is 5.43 Å². The lowest BCUT2D eigenvalue weighted by atomic mass is 10.0. The van der Waals surface area contributed by atoms with Crippen molar-refractivity contribution in [1.82, 2.24) is 10.7 Å². The van der Waals surface area contributed by atoms with Crippen molar-refractivity contribution in [3.8, 4) is 5.75 Å². The van der Waals surface area contributed by atoms with Gasteiger partial charge in [0.2, 0.25) is 0 Å². The quantitative estimate of drug-likeness (QED) is 0.375. The smallest absolute Gasteiger partial charge is 0.262 e. The number of carbonyl (C=O) groups is 2. The summed E-state index contributed by atoms with van der Waals surface area (Å²) in [5.41, 5.74) is 3.39. The highest BCUT2D eigenvalue weighted by atomic mass is 35.5. The number of amides is 2. The molecule has 7 heteroatoms. The molecule has 0 aliphatic heterocycles. The summed E-state index contributed by atoms with van der Waals surface area (Å²) in [7, 11) is 0. The summed E-state index contributed by atoms with van der Waals surface area (Å²) in [4.78, 5) is 25.2. The Morgan fingerprint density at radius 2 is 1.77 bits per heavy atom. The number of hydrogen-bond donors (Lipinski definition) is 3. The number of hydrogen-bond acceptors (Lipinski definition) is 4. The molecule has 0 spiro atoms. The Labute approximate surface area is 185 Å². The largest absolute Gasteiger partial charge is 0.507 e. The molecule has 3 N–H and O–H groups in total. The summed E-state index contributed by atoms with van der Waals surface area (Å²) in [6.07, 6.45) is 1.85. The van der Waals surface area contributed by atoms with Gasteiger partial charge in [-0.05, 0) is 53.4 Å². The van der Waals surface area contributed by atoms with Crippen molar-refractivity contribution >= 4 is 40.4 Å². The third kappa shape index (κ3) is 5.83. The third-order valence-corrected chi connectivity index (χ3v) is 5.00. The Morgan fingerprint density at radius 3 is 2.48 bits per heavy atom. The van der Waals surface area contributed by atoms with Crippen LogP contribution < -0.4 is 10.7 Å². The van der Waals surface area contributed by atoms with Crippen LogP contribution in [0.15, 0.2) is 65.8 Å². The fraction of sp³-hybridized carbons (Fsp3) is 0.208. The first-order valence-corrected chi connectivity index (χ1v) is 10.3. The van der Waals surface area contributed by atoms with E-state index in [2.05, 4.69) is 15.8 Å². The summed E-state index contributed by atoms with van der Waals surface area (Å²) in [5, 5.41) is 19.3. The number of carbonyl (C=O) groups excluding carboxylic acids is 2. The highest BCUT2D eigenvalue weighted by Crippen LogP contribution is 2.25. The zero-order chi connectivity index (χ0) is 22.4. The van der Waals surface area contributed by atoms with Gasteiger partial charge in [-0.1, -0.05) is 55.8 Å². The van der Waals surface area contributed by atoms with Crippen LogP contribution >= 0.6 is 11.6 Å². The van der Waals surface area contributed by atoms with Gasteiger partial charge < -0.3 is 10.4 Å². The number of rotatable bonds is 7. The number of benzene rings is 3. The number of aromatic hydroxyl groups is 1. The standard InChI is InChI=1S/C24H24ClN3O3/c1-15(2)13-21(27-23(30)17-7-10-18(25)11-8-17)24(31)28-26-14-20-19-6-4-3-5-16(19)9-12-22(20)29/h3-12,14-15,21,29H,13H2,1-2H3,(H,27,30)(H,28,31). The molecule has 0 radical (unpaired) electrons. The minimum Gasteiger partial charge on any atom is -0.507 e. The SMILES string of the molecule is CC(C)CC(NC(=O)c1ccc(Cl)cc1)C(=O)NN=Cc1c(O)ccc2ccccc12. The van der Waals surface area contributed by atoms with Gasteiger partial charge in [-0.2, -0.15) is 5.10 Å². The van der Waals surface area contributed by atoms with Crippen molar-refractivity contribution in [1.29, 1.82) is 0 Å². The van der Waals surface area contributed by atoms with Crippen molar-refractivity contribution in [2.24, 2.45) is 11.0 Å². The van der Waals surface area contributed by atoms with E-state index in [9.17, 15) is 14.7 Å². The summed E-state index contributed by atoms with van der Waals surface area (Å²) in [6, 6.07) is 16.6. The molecule has 0 saturated heterocycles. The van der Waals surface area contributed by atoms with Crippen LogP contribution in [0.5, 0.6) is 5.75 Å². The minimum absolute atomic E-state index is 0.0615. The summed E-state index contributed by atoms with van der Waals surface area (Å²) < 4.78 is 0. The number of hydrazone groups is 1. The van der Waals surface area contributed by atoms with Gasteiger partial charge in [0.25, 0.3) is 11.8 Å². The van der Waals surface area contributed by atoms with Crippen LogP contribution in [-0.4, -0.2) is 29.2 Å². The molecular formula is C24H24ClN3O3. The van der Waals surface area contributed by atoms with E-state index in [0.29, 0.717) is 22.6 Å². The van der Waals surface area contributed by atoms with E-state index in [1.807, 2.05) is 44.2 Å². The van der Waals surface area contributed by atoms with Gasteiger partial charge in [-0.15, -0.1) is 0 Å². The topological polar surface area (TPSA) is 90.8 Å². The van der Waals surface area contributed by atoms with Gasteiger partial charge in [0.1, 0.15) is 11.8 Å². The van der Waals surface area contributed by atoms with Crippen LogP contribution in [0.2, 0.25) is 5.02 Å². The molecule has 0 fully saturated rings. The second-order valence-corrected chi connectivity index (χ2v) is 8.05. The minimum atomic E-state index is -0.763. The Bertz CT molecular complexity index is 1110. The average molecular weight is 438 g/mol. The van der Waals surface area contributed by atoms with E-state index in [1.54, 1.807) is 30.3 Å². The van der Waals surface area contributed by atoms with Gasteiger partial charge in [0, 0.05) is 16.1 Å². The molecule has 31 heavy (non-hydrogen) atoms. The monoisotopic (exact) mass is 437 g/mol. The van der Waals surface area contributed by atoms with Crippen LogP contribution in [0.1, 0.15) is 36.2 Å². The molecule has 1 atom stereocenters. The Hall–Kier alpha value is -3.38. The van der Waals surface area contributed by atoms with Crippen LogP contribution in [-0.2, 0) is 4.79 Å². The molecule has 3 aromatic carbocycles. The Balaban J connectivity index is 1.73. The predicted octanol–water partition coefficient (Wildman–Crippen LogP) is 4.49. The Kier molecular flexibility index (Phi) is 7.26. The number of nitrogens with zero attached hydrogens (tertiary/aromatic N) is 1. The lowest BCUT2D eigenvalue weighted by Gasteiger charge is -2.19. The fourth-order valence-corrected chi connectivity index (χ4v) is 3.33. The van der Waals surface area contributed by atoms with E-state index in [4.69, 9.17) is 11.6 Å². The average Bonchev–Trinajstić information content (AvgIpc) is 2.74. The van der Waals surface area contributed by atoms with Crippen LogP contribution in [0.3, 0.4) is 0 Å². The molecule has 3 rings (SSSR count). The molecule has 0 bridgehead atoms. The number of halogens is 1. The van der Waals surface area contributed by atoms with E-state index < -0.39 is 11.9 Å². The zero-order valence-corrected chi connectivity index (χ0v) is 18.1. The summed E-state index contributed by atoms with van der Waals surface area (Å²) in [6.45, 7) is 3.93. The first-order chi connectivity index (χ1) is 14.8. The van der Waals surface area contributed by atoms with Gasteiger partial charge >= 0.3 is 0 Å². The molecule has 1 unspecified atom stereocenters. The number of fused-ring (bicyclic) bond motifs is 1. The molecule has 0 saturated carbocycles. The highest BCUT2D eigenvalue weighted by molar-refractivity contribution is 6.30. The lowest BCUT2D eigenvalue weighted by molar-refractivity contribution is -0.123. The molecule has 0 aliphatic carbocycles. The van der Waals surface area contributed by atoms with Crippen molar-refractivity contribution in [3.63, 3.8) is 0 Å². The second kappa shape index (κ2) is 10.1. The zero-order valence-electron chi connectivity index (χ0n) is 17.3. The number of phenols is 1. The van der Waals surface area contributed by atoms with E-state index in [-0.39, 0.29) is 17.6 Å². The molecule has 0 aromatic heterocycles. The van der Waals surface area contributed by atoms with E-state index >= 15 is 0 Å². The molecular weight excluding hydrogens is 414 g/mol. The predicted molar refractivity (Wildman–Crippen MR) is 124 cm³/mol. The molecule has 3 aromatic rings. The normalized spacial score (nSPS) is 12.3. The van der Waals surface area contributed by atoms with Crippen LogP contribution in [0.4, 0.5) is 0 Å². The van der Waals surface area contributed by atoms with Crippen LogP contribution in [0.25, 0.3) is 10.8 Å². The molecule has 160 valence electrons. The first-order valence-electron chi connectivity index (χ1n) is 9.95. The summed E-state index contributed by atoms with van der Waals surface area (Å²) >= 11 is 5.87. The lowest BCUT2D eigenvalue weighted by Crippen LogP contribution is -2.46. The van der Waals surface area contributed by atoms with Gasteiger partial charge in [0.15, 0.2) is 0 Å². The molecule has 0 heterocycles. The maximum Gasteiger partial charge on any atom is 0.262 e. The molecule has 0 aliphatic rings.